The highest BCUT2D eigenvalue weighted by Gasteiger charge is 2.58. The van der Waals surface area contributed by atoms with Crippen LogP contribution in [0.5, 0.6) is 0 Å². The van der Waals surface area contributed by atoms with Crippen LogP contribution in [-0.2, 0) is 21.7 Å². The molecule has 300 valence electrons. The van der Waals surface area contributed by atoms with E-state index in [-0.39, 0.29) is 27.2 Å². The molecule has 60 heavy (non-hydrogen) atoms. The molecule has 0 bridgehead atoms. The van der Waals surface area contributed by atoms with E-state index in [4.69, 9.17) is 0 Å². The minimum Gasteiger partial charge on any atom is -0.355 e. The number of anilines is 4. The van der Waals surface area contributed by atoms with Crippen LogP contribution in [0.2, 0.25) is 0 Å². The van der Waals surface area contributed by atoms with E-state index in [1.807, 2.05) is 0 Å². The summed E-state index contributed by atoms with van der Waals surface area (Å²) in [5.41, 5.74) is 21.2. The van der Waals surface area contributed by atoms with Gasteiger partial charge >= 0.3 is 0 Å². The Balaban J connectivity index is 1.14. The van der Waals surface area contributed by atoms with Crippen molar-refractivity contribution in [2.75, 3.05) is 10.2 Å². The van der Waals surface area contributed by atoms with E-state index in [1.54, 1.807) is 0 Å². The molecule has 0 spiro atoms. The van der Waals surface area contributed by atoms with E-state index in [0.29, 0.717) is 0 Å². The van der Waals surface area contributed by atoms with Gasteiger partial charge in [-0.05, 0) is 140 Å². The van der Waals surface area contributed by atoms with Gasteiger partial charge in [-0.25, -0.2) is 0 Å². The first-order valence-electron chi connectivity index (χ1n) is 22.4. The Morgan fingerprint density at radius 2 is 1.13 bits per heavy atom. The summed E-state index contributed by atoms with van der Waals surface area (Å²) in [5, 5.41) is 6.64. The maximum Gasteiger partial charge on any atom is 0.0517 e. The fraction of sp³-hybridized carbons (Fsp3) is 0.310. The zero-order chi connectivity index (χ0) is 41.6. The lowest BCUT2D eigenvalue weighted by molar-refractivity contribution is 0.195. The SMILES string of the molecule is CC(C)(C)c1ccc2c(c1)C1(C)CCCCC1(C)N2c1cc(-c2cc3c(cc2Nc2ccc4c(c2)C(C)(C)c2ccccc2-4)C(C)(C)c2ccccc2-3)c2ccccc2c1. The van der Waals surface area contributed by atoms with E-state index < -0.39 is 0 Å². The molecule has 3 aliphatic carbocycles. The molecule has 2 nitrogen and oxygen atoms in total. The normalized spacial score (nSPS) is 21.5. The van der Waals surface area contributed by atoms with Crippen molar-refractivity contribution < 1.29 is 0 Å². The fourth-order valence-corrected chi connectivity index (χ4v) is 12.3. The Hall–Kier alpha value is -5.60. The lowest BCUT2D eigenvalue weighted by Gasteiger charge is -2.50. The second-order valence-corrected chi connectivity index (χ2v) is 21.0. The Morgan fingerprint density at radius 1 is 0.500 bits per heavy atom. The van der Waals surface area contributed by atoms with Crippen LogP contribution in [0.25, 0.3) is 44.2 Å². The minimum atomic E-state index is -0.127. The first-order valence-corrected chi connectivity index (χ1v) is 22.4. The summed E-state index contributed by atoms with van der Waals surface area (Å²) in [6.07, 6.45) is 4.90. The quantitative estimate of drug-likeness (QED) is 0.191. The van der Waals surface area contributed by atoms with Gasteiger partial charge in [0.25, 0.3) is 0 Å². The molecule has 0 aromatic heterocycles. The highest BCUT2D eigenvalue weighted by atomic mass is 15.3. The Kier molecular flexibility index (Phi) is 7.78. The number of nitrogens with one attached hydrogen (secondary N) is 1. The molecule has 1 fully saturated rings. The maximum atomic E-state index is 4.09. The Morgan fingerprint density at radius 3 is 1.87 bits per heavy atom. The van der Waals surface area contributed by atoms with Crippen LogP contribution in [0.1, 0.15) is 121 Å². The second-order valence-electron chi connectivity index (χ2n) is 21.0. The van der Waals surface area contributed by atoms with E-state index >= 15 is 0 Å². The average molecular weight is 783 g/mol. The lowest BCUT2D eigenvalue weighted by Crippen LogP contribution is -2.54. The van der Waals surface area contributed by atoms with Gasteiger partial charge in [-0.1, -0.05) is 159 Å². The van der Waals surface area contributed by atoms with Gasteiger partial charge in [0.1, 0.15) is 0 Å². The van der Waals surface area contributed by atoms with Crippen LogP contribution in [0.4, 0.5) is 22.7 Å². The van der Waals surface area contributed by atoms with E-state index in [2.05, 4.69) is 206 Å². The average Bonchev–Trinajstić information content (AvgIpc) is 3.70. The van der Waals surface area contributed by atoms with E-state index in [1.165, 1.54) is 115 Å². The highest BCUT2D eigenvalue weighted by Crippen LogP contribution is 2.62. The van der Waals surface area contributed by atoms with Crippen LogP contribution in [0, 0.1) is 0 Å². The van der Waals surface area contributed by atoms with Crippen molar-refractivity contribution in [3.63, 3.8) is 0 Å². The molecule has 1 aliphatic heterocycles. The topological polar surface area (TPSA) is 15.3 Å². The van der Waals surface area contributed by atoms with E-state index in [9.17, 15) is 0 Å². The third kappa shape index (κ3) is 5.06. The predicted molar refractivity (Wildman–Crippen MR) is 256 cm³/mol. The molecular weight excluding hydrogens is 725 g/mol. The van der Waals surface area contributed by atoms with Crippen molar-refractivity contribution in [3.05, 3.63) is 167 Å². The molecule has 0 amide bonds. The van der Waals surface area contributed by atoms with Crippen LogP contribution < -0.4 is 10.2 Å². The number of rotatable bonds is 4. The summed E-state index contributed by atoms with van der Waals surface area (Å²) < 4.78 is 0. The molecule has 2 heteroatoms. The lowest BCUT2D eigenvalue weighted by atomic mass is 9.61. The first-order chi connectivity index (χ1) is 28.6. The van der Waals surface area contributed by atoms with Crippen LogP contribution in [0.3, 0.4) is 0 Å². The van der Waals surface area contributed by atoms with Crippen molar-refractivity contribution in [1.82, 2.24) is 0 Å². The summed E-state index contributed by atoms with van der Waals surface area (Å²) in [7, 11) is 0. The predicted octanol–water partition coefficient (Wildman–Crippen LogP) is 15.9. The third-order valence-corrected chi connectivity index (χ3v) is 15.9. The highest BCUT2D eigenvalue weighted by molar-refractivity contribution is 6.05. The number of benzene rings is 7. The second kappa shape index (κ2) is 12.5. The van der Waals surface area contributed by atoms with Gasteiger partial charge in [0.15, 0.2) is 0 Å². The zero-order valence-electron chi connectivity index (χ0n) is 37.0. The van der Waals surface area contributed by atoms with Gasteiger partial charge in [0.2, 0.25) is 0 Å². The smallest absolute Gasteiger partial charge is 0.0517 e. The van der Waals surface area contributed by atoms with Gasteiger partial charge in [-0.15, -0.1) is 0 Å². The Labute approximate surface area is 357 Å². The number of hydrogen-bond acceptors (Lipinski definition) is 2. The van der Waals surface area contributed by atoms with Crippen molar-refractivity contribution in [3.8, 4) is 33.4 Å². The first kappa shape index (κ1) is 37.4. The summed E-state index contributed by atoms with van der Waals surface area (Å²) in [4.78, 5) is 2.77. The molecule has 7 aromatic rings. The molecule has 7 aromatic carbocycles. The van der Waals surface area contributed by atoms with Crippen molar-refractivity contribution in [1.29, 1.82) is 0 Å². The third-order valence-electron chi connectivity index (χ3n) is 15.9. The molecule has 11 rings (SSSR count). The number of hydrogen-bond donors (Lipinski definition) is 1. The molecule has 1 heterocycles. The maximum absolute atomic E-state index is 4.09. The summed E-state index contributed by atoms with van der Waals surface area (Å²) in [5.74, 6) is 0. The summed E-state index contributed by atoms with van der Waals surface area (Å²) in [6.45, 7) is 21.7. The van der Waals surface area contributed by atoms with Gasteiger partial charge < -0.3 is 10.2 Å². The van der Waals surface area contributed by atoms with Gasteiger partial charge in [0, 0.05) is 44.6 Å². The minimum absolute atomic E-state index is 0.0459. The zero-order valence-corrected chi connectivity index (χ0v) is 37.0. The molecular formula is C58H58N2. The van der Waals surface area contributed by atoms with E-state index in [0.717, 1.165) is 11.4 Å². The fourth-order valence-electron chi connectivity index (χ4n) is 12.3. The molecule has 4 aliphatic rings. The van der Waals surface area contributed by atoms with Gasteiger partial charge in [-0.3, -0.25) is 0 Å². The molecule has 1 N–H and O–H groups in total. The van der Waals surface area contributed by atoms with Crippen LogP contribution >= 0.6 is 0 Å². The number of fused-ring (bicyclic) bond motifs is 10. The molecule has 0 saturated heterocycles. The molecule has 2 unspecified atom stereocenters. The monoisotopic (exact) mass is 782 g/mol. The van der Waals surface area contributed by atoms with Gasteiger partial charge in [-0.2, -0.15) is 0 Å². The summed E-state index contributed by atoms with van der Waals surface area (Å²) in [6, 6.07) is 51.6. The standard InChI is InChI=1S/C58H58N2/c1-54(2,3)37-24-27-53-51(31-37)57(8)28-16-17-29-58(57,9)60(53)39-30-36-18-10-11-19-40(36)44(33-39)46-34-45-42-21-13-15-23-48(42)56(6,7)50(45)35-52(46)59-38-25-26-43-41-20-12-14-22-47(41)55(4,5)49(43)32-38/h10-15,18-27,30-35,59H,16-17,28-29H2,1-9H3. The van der Waals surface area contributed by atoms with Crippen molar-refractivity contribution in [2.45, 2.75) is 115 Å². The largest absolute Gasteiger partial charge is 0.355 e. The molecule has 0 radical (unpaired) electrons. The van der Waals surface area contributed by atoms with Crippen LogP contribution in [-0.4, -0.2) is 5.54 Å². The molecule has 1 saturated carbocycles. The van der Waals surface area contributed by atoms with Crippen molar-refractivity contribution >= 4 is 33.5 Å². The van der Waals surface area contributed by atoms with Crippen LogP contribution in [0.15, 0.2) is 133 Å². The molecule has 2 atom stereocenters. The Bertz CT molecular complexity index is 2940. The number of nitrogens with zero attached hydrogens (tertiary/aromatic N) is 1. The summed E-state index contributed by atoms with van der Waals surface area (Å²) >= 11 is 0. The van der Waals surface area contributed by atoms with Crippen molar-refractivity contribution in [2.24, 2.45) is 0 Å². The van der Waals surface area contributed by atoms with Gasteiger partial charge in [0.05, 0.1) is 5.54 Å².